The quantitative estimate of drug-likeness (QED) is 0.394. The fraction of sp³-hybridized carbons (Fsp3) is 0.600. The van der Waals surface area contributed by atoms with Crippen molar-refractivity contribution in [3.05, 3.63) is 15.8 Å². The van der Waals surface area contributed by atoms with Gasteiger partial charge in [0.2, 0.25) is 11.8 Å². The molecule has 0 atom stereocenters. The molecule has 1 aromatic heterocycles. The fourth-order valence-electron chi connectivity index (χ4n) is 2.18. The van der Waals surface area contributed by atoms with Gasteiger partial charge in [0.15, 0.2) is 0 Å². The predicted molar refractivity (Wildman–Crippen MR) is 76.5 cm³/mol. The van der Waals surface area contributed by atoms with Crippen LogP contribution < -0.4 is 16.6 Å². The molecular formula is C10H16N6O4S. The monoisotopic (exact) mass is 316 g/mol. The van der Waals surface area contributed by atoms with E-state index >= 15 is 0 Å². The van der Waals surface area contributed by atoms with E-state index in [1.54, 1.807) is 0 Å². The molecule has 0 spiro atoms. The number of aryl methyl sites for hydroxylation is 1. The van der Waals surface area contributed by atoms with Crippen molar-refractivity contribution in [2.75, 3.05) is 22.2 Å². The summed E-state index contributed by atoms with van der Waals surface area (Å²) in [6.45, 7) is 1.48. The van der Waals surface area contributed by atoms with E-state index < -0.39 is 14.8 Å². The minimum atomic E-state index is -2.99. The highest BCUT2D eigenvalue weighted by Gasteiger charge is 2.28. The predicted octanol–water partition coefficient (Wildman–Crippen LogP) is -0.0321. The number of nitrogens with one attached hydrogen (secondary N) is 2. The molecule has 0 amide bonds. The molecule has 0 unspecified atom stereocenters. The lowest BCUT2D eigenvalue weighted by atomic mass is 10.1. The van der Waals surface area contributed by atoms with Crippen LogP contribution in [-0.2, 0) is 9.84 Å². The maximum absolute atomic E-state index is 11.4. The van der Waals surface area contributed by atoms with Crippen molar-refractivity contribution in [3.8, 4) is 0 Å². The molecule has 1 saturated heterocycles. The summed E-state index contributed by atoms with van der Waals surface area (Å²) in [7, 11) is -2.99. The van der Waals surface area contributed by atoms with Gasteiger partial charge in [0.1, 0.15) is 15.5 Å². The van der Waals surface area contributed by atoms with E-state index in [9.17, 15) is 18.5 Å². The number of nitrogen functional groups attached to an aromatic ring is 1. The minimum absolute atomic E-state index is 0.0461. The van der Waals surface area contributed by atoms with Gasteiger partial charge in [-0.2, -0.15) is 4.98 Å². The van der Waals surface area contributed by atoms with Crippen molar-refractivity contribution in [3.63, 3.8) is 0 Å². The minimum Gasteiger partial charge on any atom is -0.361 e. The van der Waals surface area contributed by atoms with E-state index in [1.807, 2.05) is 0 Å². The van der Waals surface area contributed by atoms with Crippen molar-refractivity contribution < 1.29 is 13.3 Å². The number of nitrogens with zero attached hydrogens (tertiary/aromatic N) is 3. The van der Waals surface area contributed by atoms with E-state index in [-0.39, 0.29) is 40.7 Å². The zero-order valence-electron chi connectivity index (χ0n) is 11.4. The first kappa shape index (κ1) is 15.4. The van der Waals surface area contributed by atoms with Crippen LogP contribution in [0, 0.1) is 17.0 Å². The molecule has 21 heavy (non-hydrogen) atoms. The molecular weight excluding hydrogens is 300 g/mol. The van der Waals surface area contributed by atoms with Gasteiger partial charge < -0.3 is 5.32 Å². The zero-order chi connectivity index (χ0) is 15.6. The van der Waals surface area contributed by atoms with Gasteiger partial charge in [-0.05, 0) is 19.8 Å². The van der Waals surface area contributed by atoms with Gasteiger partial charge in [0.25, 0.3) is 0 Å². The second kappa shape index (κ2) is 5.77. The van der Waals surface area contributed by atoms with E-state index in [1.165, 1.54) is 6.92 Å². The van der Waals surface area contributed by atoms with Crippen LogP contribution in [0.4, 0.5) is 17.5 Å². The van der Waals surface area contributed by atoms with Crippen molar-refractivity contribution in [2.45, 2.75) is 25.8 Å². The number of anilines is 2. The second-order valence-electron chi connectivity index (χ2n) is 4.80. The molecule has 1 aromatic rings. The summed E-state index contributed by atoms with van der Waals surface area (Å²) in [6, 6.07) is -0.188. The highest BCUT2D eigenvalue weighted by molar-refractivity contribution is 7.91. The number of sulfone groups is 1. The van der Waals surface area contributed by atoms with Gasteiger partial charge in [-0.15, -0.1) is 0 Å². The number of nitrogens with two attached hydrogens (primary N) is 1. The number of hydrogen-bond acceptors (Lipinski definition) is 9. The van der Waals surface area contributed by atoms with Crippen molar-refractivity contribution >= 4 is 27.3 Å². The Morgan fingerprint density at radius 1 is 1.33 bits per heavy atom. The second-order valence-corrected chi connectivity index (χ2v) is 7.11. The Hall–Kier alpha value is -2.01. The SMILES string of the molecule is Cc1nc(NN)nc(NC2CCS(=O)(=O)CC2)c1[N+](=O)[O-]. The molecule has 4 N–H and O–H groups in total. The van der Waals surface area contributed by atoms with Crippen LogP contribution in [0.1, 0.15) is 18.5 Å². The number of nitro groups is 1. The molecule has 0 bridgehead atoms. The summed E-state index contributed by atoms with van der Waals surface area (Å²) in [4.78, 5) is 18.4. The summed E-state index contributed by atoms with van der Waals surface area (Å²) in [6.07, 6.45) is 0.766. The van der Waals surface area contributed by atoms with Crippen LogP contribution in [-0.4, -0.2) is 40.9 Å². The summed E-state index contributed by atoms with van der Waals surface area (Å²) >= 11 is 0. The van der Waals surface area contributed by atoms with Crippen LogP contribution in [0.25, 0.3) is 0 Å². The van der Waals surface area contributed by atoms with E-state index in [4.69, 9.17) is 5.84 Å². The average Bonchev–Trinajstić information content (AvgIpc) is 2.40. The molecule has 2 rings (SSSR count). The van der Waals surface area contributed by atoms with E-state index in [0.29, 0.717) is 12.8 Å². The van der Waals surface area contributed by atoms with Crippen molar-refractivity contribution in [1.82, 2.24) is 9.97 Å². The van der Waals surface area contributed by atoms with Crippen molar-refractivity contribution in [1.29, 1.82) is 0 Å². The Labute approximate surface area is 121 Å². The van der Waals surface area contributed by atoms with Crippen LogP contribution in [0.3, 0.4) is 0 Å². The summed E-state index contributed by atoms with van der Waals surface area (Å²) in [5.74, 6) is 5.46. The van der Waals surface area contributed by atoms with Gasteiger partial charge >= 0.3 is 5.69 Å². The molecule has 1 aliphatic rings. The fourth-order valence-corrected chi connectivity index (χ4v) is 3.67. The topological polar surface area (TPSA) is 153 Å². The maximum atomic E-state index is 11.4. The van der Waals surface area contributed by atoms with Crippen LogP contribution in [0.15, 0.2) is 0 Å². The largest absolute Gasteiger partial charge is 0.361 e. The van der Waals surface area contributed by atoms with Gasteiger partial charge in [-0.25, -0.2) is 19.2 Å². The van der Waals surface area contributed by atoms with Gasteiger partial charge in [0.05, 0.1) is 16.4 Å². The van der Waals surface area contributed by atoms with E-state index in [0.717, 1.165) is 0 Å². The molecule has 1 aliphatic heterocycles. The van der Waals surface area contributed by atoms with Crippen LogP contribution in [0.5, 0.6) is 0 Å². The normalized spacial score (nSPS) is 18.2. The lowest BCUT2D eigenvalue weighted by Crippen LogP contribution is -2.32. The Morgan fingerprint density at radius 2 is 1.95 bits per heavy atom. The molecule has 0 radical (unpaired) electrons. The maximum Gasteiger partial charge on any atom is 0.332 e. The smallest absolute Gasteiger partial charge is 0.332 e. The molecule has 0 aromatic carbocycles. The number of hydrazine groups is 1. The molecule has 0 aliphatic carbocycles. The highest BCUT2D eigenvalue weighted by atomic mass is 32.2. The van der Waals surface area contributed by atoms with Gasteiger partial charge in [-0.1, -0.05) is 0 Å². The molecule has 10 nitrogen and oxygen atoms in total. The van der Waals surface area contributed by atoms with Crippen molar-refractivity contribution in [2.24, 2.45) is 5.84 Å². The third kappa shape index (κ3) is 3.55. The first-order chi connectivity index (χ1) is 9.82. The first-order valence-corrected chi connectivity index (χ1v) is 8.11. The highest BCUT2D eigenvalue weighted by Crippen LogP contribution is 2.28. The number of aromatic nitrogens is 2. The average molecular weight is 316 g/mol. The number of hydrogen-bond donors (Lipinski definition) is 3. The Bertz CT molecular complexity index is 648. The zero-order valence-corrected chi connectivity index (χ0v) is 12.2. The molecule has 0 saturated carbocycles. The summed E-state index contributed by atoms with van der Waals surface area (Å²) in [5.41, 5.74) is 2.18. The summed E-state index contributed by atoms with van der Waals surface area (Å²) in [5, 5.41) is 14.1. The first-order valence-electron chi connectivity index (χ1n) is 6.29. The Kier molecular flexibility index (Phi) is 4.23. The molecule has 116 valence electrons. The van der Waals surface area contributed by atoms with Crippen LogP contribution in [0.2, 0.25) is 0 Å². The van der Waals surface area contributed by atoms with Gasteiger partial charge in [0, 0.05) is 6.04 Å². The Morgan fingerprint density at radius 3 is 2.48 bits per heavy atom. The van der Waals surface area contributed by atoms with Gasteiger partial charge in [-0.3, -0.25) is 15.5 Å². The van der Waals surface area contributed by atoms with E-state index in [2.05, 4.69) is 20.7 Å². The van der Waals surface area contributed by atoms with Crippen LogP contribution >= 0.6 is 0 Å². The standard InChI is InChI=1S/C10H16N6O4S/c1-6-8(16(17)18)9(14-10(12-6)15-11)13-7-2-4-21(19,20)5-3-7/h7H,2-5,11H2,1H3,(H2,12,13,14,15). The lowest BCUT2D eigenvalue weighted by molar-refractivity contribution is -0.385. The molecule has 1 fully saturated rings. The number of rotatable bonds is 4. The third-order valence-corrected chi connectivity index (χ3v) is 4.98. The summed E-state index contributed by atoms with van der Waals surface area (Å²) < 4.78 is 22.8. The lowest BCUT2D eigenvalue weighted by Gasteiger charge is -2.23. The Balaban J connectivity index is 2.26. The molecule has 2 heterocycles. The molecule has 11 heteroatoms. The third-order valence-electron chi connectivity index (χ3n) is 3.27.